The Bertz CT molecular complexity index is 892. The molecule has 1 aromatic rings. The largest absolute Gasteiger partial charge is 0.480 e. The lowest BCUT2D eigenvalue weighted by molar-refractivity contribution is -0.140. The quantitative estimate of drug-likeness (QED) is 0.578. The minimum atomic E-state index is -1.07. The smallest absolute Gasteiger partial charge is 0.323 e. The first-order valence-electron chi connectivity index (χ1n) is 9.44. The minimum Gasteiger partial charge on any atom is -0.480 e. The predicted molar refractivity (Wildman–Crippen MR) is 119 cm³/mol. The van der Waals surface area contributed by atoms with E-state index in [9.17, 15) is 9.59 Å². The van der Waals surface area contributed by atoms with Crippen molar-refractivity contribution in [1.29, 1.82) is 0 Å². The van der Waals surface area contributed by atoms with Crippen molar-refractivity contribution in [1.82, 2.24) is 4.90 Å². The van der Waals surface area contributed by atoms with Crippen LogP contribution in [0.1, 0.15) is 56.7 Å². The molecule has 1 atom stereocenters. The number of carbonyl (C=O) groups excluding carboxylic acids is 1. The van der Waals surface area contributed by atoms with Crippen LogP contribution in [0.5, 0.6) is 0 Å². The predicted octanol–water partition coefficient (Wildman–Crippen LogP) is 4.39. The molecule has 150 valence electrons. The normalized spacial score (nSPS) is 22.8. The fourth-order valence-corrected chi connectivity index (χ4v) is 5.56. The summed E-state index contributed by atoms with van der Waals surface area (Å²) in [4.78, 5) is 27.6. The van der Waals surface area contributed by atoms with Gasteiger partial charge in [0.05, 0.1) is 4.91 Å². The highest BCUT2D eigenvalue weighted by Gasteiger charge is 2.36. The van der Waals surface area contributed by atoms with E-state index in [1.807, 2.05) is 13.0 Å². The second-order valence-electron chi connectivity index (χ2n) is 8.09. The van der Waals surface area contributed by atoms with Crippen LogP contribution in [-0.2, 0) is 9.59 Å². The highest BCUT2D eigenvalue weighted by molar-refractivity contribution is 8.26. The molecule has 1 fully saturated rings. The number of hydrogen-bond acceptors (Lipinski definition) is 5. The summed E-state index contributed by atoms with van der Waals surface area (Å²) in [6, 6.07) is 4.39. The number of anilines is 1. The lowest BCUT2D eigenvalue weighted by Crippen LogP contribution is -2.48. The molecule has 1 amide bonds. The van der Waals surface area contributed by atoms with Gasteiger partial charge in [-0.1, -0.05) is 30.9 Å². The fraction of sp³-hybridized carbons (Fsp3) is 0.476. The van der Waals surface area contributed by atoms with Gasteiger partial charge >= 0.3 is 5.97 Å². The van der Waals surface area contributed by atoms with Gasteiger partial charge in [-0.25, -0.2) is 0 Å². The third-order valence-corrected chi connectivity index (χ3v) is 6.92. The van der Waals surface area contributed by atoms with Crippen molar-refractivity contribution in [2.45, 2.75) is 52.5 Å². The summed E-state index contributed by atoms with van der Waals surface area (Å²) in [5.41, 5.74) is 4.73. The van der Waals surface area contributed by atoms with Gasteiger partial charge in [-0.15, -0.1) is 0 Å². The molecule has 0 spiro atoms. The van der Waals surface area contributed by atoms with Crippen LogP contribution in [0, 0.1) is 6.92 Å². The minimum absolute atomic E-state index is 0.106. The summed E-state index contributed by atoms with van der Waals surface area (Å²) in [7, 11) is 0. The van der Waals surface area contributed by atoms with Crippen LogP contribution in [0.4, 0.5) is 5.69 Å². The first-order chi connectivity index (χ1) is 13.0. The van der Waals surface area contributed by atoms with Gasteiger partial charge in [-0.2, -0.15) is 0 Å². The Balaban J connectivity index is 2.01. The van der Waals surface area contributed by atoms with E-state index in [-0.39, 0.29) is 11.4 Å². The van der Waals surface area contributed by atoms with Crippen molar-refractivity contribution in [3.8, 4) is 0 Å². The van der Waals surface area contributed by atoms with Gasteiger partial charge in [0.25, 0.3) is 5.91 Å². The molecule has 0 aliphatic carbocycles. The molecule has 2 heterocycles. The maximum absolute atomic E-state index is 12.6. The van der Waals surface area contributed by atoms with Gasteiger partial charge in [0, 0.05) is 17.8 Å². The number of thioether (sulfide) groups is 1. The Hall–Kier alpha value is -1.86. The second kappa shape index (κ2) is 7.52. The first-order valence-corrected chi connectivity index (χ1v) is 10.7. The average molecular weight is 419 g/mol. The molecular formula is C21H26N2O3S2. The molecule has 3 rings (SSSR count). The maximum Gasteiger partial charge on any atom is 0.323 e. The number of thiocarbonyl (C=S) groups is 1. The number of benzene rings is 1. The maximum atomic E-state index is 12.6. The number of fused-ring (bicyclic) bond motifs is 1. The molecule has 1 saturated heterocycles. The van der Waals surface area contributed by atoms with E-state index in [1.165, 1.54) is 23.0 Å². The number of aryl methyl sites for hydroxylation is 1. The molecule has 0 radical (unpaired) electrons. The van der Waals surface area contributed by atoms with Crippen molar-refractivity contribution in [3.63, 3.8) is 0 Å². The number of carboxylic acids is 1. The average Bonchev–Trinajstić information content (AvgIpc) is 2.83. The van der Waals surface area contributed by atoms with Crippen molar-refractivity contribution in [3.05, 3.63) is 33.7 Å². The van der Waals surface area contributed by atoms with E-state index in [2.05, 4.69) is 44.7 Å². The van der Waals surface area contributed by atoms with Crippen LogP contribution < -0.4 is 4.90 Å². The van der Waals surface area contributed by atoms with Gasteiger partial charge in [0.2, 0.25) is 0 Å². The Kier molecular flexibility index (Phi) is 5.60. The van der Waals surface area contributed by atoms with E-state index < -0.39 is 12.5 Å². The first kappa shape index (κ1) is 20.9. The van der Waals surface area contributed by atoms with Crippen molar-refractivity contribution >= 4 is 51.9 Å². The van der Waals surface area contributed by atoms with E-state index in [1.54, 1.807) is 0 Å². The van der Waals surface area contributed by atoms with Crippen molar-refractivity contribution < 1.29 is 14.7 Å². The molecule has 2 aliphatic rings. The monoisotopic (exact) mass is 418 g/mol. The van der Waals surface area contributed by atoms with Crippen LogP contribution in [0.3, 0.4) is 0 Å². The lowest BCUT2D eigenvalue weighted by atomic mass is 9.79. The number of nitrogens with zero attached hydrogens (tertiary/aromatic N) is 2. The van der Waals surface area contributed by atoms with Gasteiger partial charge < -0.3 is 10.0 Å². The number of rotatable bonds is 4. The summed E-state index contributed by atoms with van der Waals surface area (Å²) in [5, 5.41) is 8.99. The van der Waals surface area contributed by atoms with E-state index in [0.29, 0.717) is 15.1 Å². The third kappa shape index (κ3) is 3.70. The number of aliphatic carboxylic acids is 1. The lowest BCUT2D eigenvalue weighted by Gasteiger charge is -2.47. The molecule has 5 nitrogen and oxygen atoms in total. The van der Waals surface area contributed by atoms with Gasteiger partial charge in [-0.3, -0.25) is 14.5 Å². The Labute approximate surface area is 175 Å². The van der Waals surface area contributed by atoms with Gasteiger partial charge in [-0.05, 0) is 74.9 Å². The van der Waals surface area contributed by atoms with E-state index >= 15 is 0 Å². The number of amides is 1. The zero-order chi connectivity index (χ0) is 20.8. The van der Waals surface area contributed by atoms with Crippen molar-refractivity contribution in [2.75, 3.05) is 18.0 Å². The SMILES string of the molecule is CCN1c2cc(C)c(/C=C3/SC(=S)N(CC(=O)O)C3=O)cc2[C@H](C)CC1(C)C. The summed E-state index contributed by atoms with van der Waals surface area (Å²) in [6.45, 7) is 11.6. The summed E-state index contributed by atoms with van der Waals surface area (Å²) >= 11 is 6.36. The number of carbonyl (C=O) groups is 2. The molecule has 0 aromatic heterocycles. The molecule has 0 bridgehead atoms. The molecule has 1 N–H and O–H groups in total. The Morgan fingerprint density at radius 3 is 2.71 bits per heavy atom. The van der Waals surface area contributed by atoms with Crippen LogP contribution in [0.15, 0.2) is 17.0 Å². The Morgan fingerprint density at radius 2 is 2.11 bits per heavy atom. The van der Waals surface area contributed by atoms with Gasteiger partial charge in [0.15, 0.2) is 0 Å². The molecule has 0 unspecified atom stereocenters. The summed E-state index contributed by atoms with van der Waals surface area (Å²) in [5.74, 6) is -0.987. The number of hydrogen-bond donors (Lipinski definition) is 1. The van der Waals surface area contributed by atoms with Crippen LogP contribution in [0.2, 0.25) is 0 Å². The topological polar surface area (TPSA) is 60.9 Å². The molecule has 2 aliphatic heterocycles. The summed E-state index contributed by atoms with van der Waals surface area (Å²) < 4.78 is 0.293. The second-order valence-corrected chi connectivity index (χ2v) is 9.77. The number of carboxylic acid groups (broad SMARTS) is 1. The molecule has 7 heteroatoms. The fourth-order valence-electron chi connectivity index (χ4n) is 4.32. The van der Waals surface area contributed by atoms with Crippen LogP contribution in [-0.4, -0.2) is 44.8 Å². The van der Waals surface area contributed by atoms with Crippen molar-refractivity contribution in [2.24, 2.45) is 0 Å². The standard InChI is InChI=1S/C21H26N2O3S2/c1-6-23-16-7-12(2)14(8-15(16)13(3)10-21(23,4)5)9-17-19(26)22(11-18(24)25)20(27)28-17/h7-9,13H,6,10-11H2,1-5H3,(H,24,25)/b17-9+/t13-/m1/s1. The molecule has 28 heavy (non-hydrogen) atoms. The highest BCUT2D eigenvalue weighted by atomic mass is 32.2. The molecular weight excluding hydrogens is 392 g/mol. The zero-order valence-electron chi connectivity index (χ0n) is 16.9. The van der Waals surface area contributed by atoms with Crippen LogP contribution in [0.25, 0.3) is 6.08 Å². The van der Waals surface area contributed by atoms with Crippen LogP contribution >= 0.6 is 24.0 Å². The third-order valence-electron chi connectivity index (χ3n) is 5.54. The van der Waals surface area contributed by atoms with E-state index in [4.69, 9.17) is 17.3 Å². The highest BCUT2D eigenvalue weighted by Crippen LogP contribution is 2.44. The zero-order valence-corrected chi connectivity index (χ0v) is 18.5. The summed E-state index contributed by atoms with van der Waals surface area (Å²) in [6.07, 6.45) is 2.91. The Morgan fingerprint density at radius 1 is 1.43 bits per heavy atom. The molecule has 0 saturated carbocycles. The molecule has 1 aromatic carbocycles. The van der Waals surface area contributed by atoms with E-state index in [0.717, 1.165) is 29.0 Å². The van der Waals surface area contributed by atoms with Gasteiger partial charge in [0.1, 0.15) is 10.9 Å².